The maximum absolute atomic E-state index is 8.66. The molecule has 1 aromatic carbocycles. The van der Waals surface area contributed by atoms with Crippen LogP contribution in [0.1, 0.15) is 12.5 Å². The molecule has 92 valence electrons. The predicted molar refractivity (Wildman–Crippen MR) is 64.2 cm³/mol. The van der Waals surface area contributed by atoms with Crippen molar-refractivity contribution in [3.05, 3.63) is 35.9 Å². The first-order chi connectivity index (χ1) is 8.29. The van der Waals surface area contributed by atoms with E-state index in [0.29, 0.717) is 18.9 Å². The van der Waals surface area contributed by atoms with Crippen molar-refractivity contribution in [2.24, 2.45) is 11.1 Å². The van der Waals surface area contributed by atoms with Crippen molar-refractivity contribution < 1.29 is 14.7 Å². The Morgan fingerprint density at radius 3 is 2.53 bits per heavy atom. The summed E-state index contributed by atoms with van der Waals surface area (Å²) in [4.78, 5) is 0. The van der Waals surface area contributed by atoms with Gasteiger partial charge in [0.1, 0.15) is 0 Å². The second-order valence-corrected chi connectivity index (χ2v) is 4.22. The van der Waals surface area contributed by atoms with Gasteiger partial charge in [-0.2, -0.15) is 0 Å². The Labute approximate surface area is 101 Å². The van der Waals surface area contributed by atoms with Crippen molar-refractivity contribution in [3.63, 3.8) is 0 Å². The number of rotatable bonds is 3. The highest BCUT2D eigenvalue weighted by atomic mass is 16.7. The first-order valence-corrected chi connectivity index (χ1v) is 5.75. The molecule has 1 heterocycles. The molecular formula is C13H17NO3. The Hall–Kier alpha value is -1.39. The van der Waals surface area contributed by atoms with Crippen LogP contribution in [0.3, 0.4) is 0 Å². The fourth-order valence-electron chi connectivity index (χ4n) is 1.79. The molecule has 1 saturated heterocycles. The molecule has 0 radical (unpaired) electrons. The molecule has 4 heteroatoms. The molecule has 4 nitrogen and oxygen atoms in total. The fourth-order valence-corrected chi connectivity index (χ4v) is 1.79. The molecule has 1 aromatic rings. The molecule has 0 aromatic heterocycles. The Morgan fingerprint density at radius 1 is 1.29 bits per heavy atom. The van der Waals surface area contributed by atoms with Gasteiger partial charge in [0.15, 0.2) is 6.29 Å². The summed E-state index contributed by atoms with van der Waals surface area (Å²) in [5, 5.41) is 11.8. The second kappa shape index (κ2) is 5.80. The van der Waals surface area contributed by atoms with Crippen molar-refractivity contribution in [2.45, 2.75) is 19.6 Å². The van der Waals surface area contributed by atoms with Crippen molar-refractivity contribution in [3.8, 4) is 0 Å². The van der Waals surface area contributed by atoms with Gasteiger partial charge in [-0.25, -0.2) is 0 Å². The topological polar surface area (TPSA) is 51.1 Å². The Balaban J connectivity index is 1.84. The zero-order valence-electron chi connectivity index (χ0n) is 9.87. The molecule has 0 spiro atoms. The van der Waals surface area contributed by atoms with Gasteiger partial charge in [0.2, 0.25) is 0 Å². The van der Waals surface area contributed by atoms with Crippen LogP contribution in [-0.2, 0) is 15.9 Å². The van der Waals surface area contributed by atoms with Crippen LogP contribution in [0.2, 0.25) is 0 Å². The molecule has 0 atom stereocenters. The van der Waals surface area contributed by atoms with E-state index in [1.807, 2.05) is 18.2 Å². The monoisotopic (exact) mass is 235 g/mol. The summed E-state index contributed by atoms with van der Waals surface area (Å²) >= 11 is 0. The molecule has 1 fully saturated rings. The maximum atomic E-state index is 8.66. The van der Waals surface area contributed by atoms with Gasteiger partial charge in [0, 0.05) is 12.3 Å². The van der Waals surface area contributed by atoms with Crippen molar-refractivity contribution >= 4 is 5.71 Å². The zero-order chi connectivity index (χ0) is 12.1. The maximum Gasteiger partial charge on any atom is 0.161 e. The summed E-state index contributed by atoms with van der Waals surface area (Å²) in [6, 6.07) is 10.1. The van der Waals surface area contributed by atoms with Gasteiger partial charge < -0.3 is 14.7 Å². The number of oxime groups is 1. The molecule has 2 rings (SSSR count). The summed E-state index contributed by atoms with van der Waals surface area (Å²) in [5.74, 6) is 0.0621. The third-order valence-corrected chi connectivity index (χ3v) is 2.96. The van der Waals surface area contributed by atoms with E-state index in [-0.39, 0.29) is 12.2 Å². The van der Waals surface area contributed by atoms with Gasteiger partial charge in [-0.15, -0.1) is 0 Å². The first kappa shape index (κ1) is 12.1. The minimum Gasteiger partial charge on any atom is -0.411 e. The Kier molecular flexibility index (Phi) is 4.12. The number of benzene rings is 1. The standard InChI is InChI=1S/C13H17NO3/c1-10(14-15)12-8-16-13(17-9-12)7-11-5-3-2-4-6-11/h2-6,12-13,15H,7-9H2,1H3. The van der Waals surface area contributed by atoms with Gasteiger partial charge in [-0.05, 0) is 12.5 Å². The van der Waals surface area contributed by atoms with Crippen molar-refractivity contribution in [1.29, 1.82) is 0 Å². The molecular weight excluding hydrogens is 218 g/mol. The van der Waals surface area contributed by atoms with Crippen LogP contribution in [0.15, 0.2) is 35.5 Å². The van der Waals surface area contributed by atoms with Crippen LogP contribution in [-0.4, -0.2) is 30.4 Å². The molecule has 0 aliphatic carbocycles. The highest BCUT2D eigenvalue weighted by Crippen LogP contribution is 2.16. The second-order valence-electron chi connectivity index (χ2n) is 4.22. The van der Waals surface area contributed by atoms with E-state index in [4.69, 9.17) is 14.7 Å². The summed E-state index contributed by atoms with van der Waals surface area (Å²) in [6.45, 7) is 2.87. The Bertz CT molecular complexity index is 370. The highest BCUT2D eigenvalue weighted by Gasteiger charge is 2.24. The van der Waals surface area contributed by atoms with Crippen molar-refractivity contribution in [1.82, 2.24) is 0 Å². The van der Waals surface area contributed by atoms with Crippen LogP contribution in [0.25, 0.3) is 0 Å². The van der Waals surface area contributed by atoms with Gasteiger partial charge >= 0.3 is 0 Å². The minimum absolute atomic E-state index is 0.0621. The average molecular weight is 235 g/mol. The quantitative estimate of drug-likeness (QED) is 0.495. The van der Waals surface area contributed by atoms with Crippen LogP contribution < -0.4 is 0 Å². The molecule has 0 saturated carbocycles. The van der Waals surface area contributed by atoms with Gasteiger partial charge in [-0.1, -0.05) is 35.5 Å². The highest BCUT2D eigenvalue weighted by molar-refractivity contribution is 5.84. The third kappa shape index (κ3) is 3.28. The smallest absolute Gasteiger partial charge is 0.161 e. The largest absolute Gasteiger partial charge is 0.411 e. The number of ether oxygens (including phenoxy) is 2. The number of nitrogens with zero attached hydrogens (tertiary/aromatic N) is 1. The van der Waals surface area contributed by atoms with Crippen LogP contribution >= 0.6 is 0 Å². The van der Waals surface area contributed by atoms with E-state index in [9.17, 15) is 0 Å². The molecule has 1 N–H and O–H groups in total. The molecule has 17 heavy (non-hydrogen) atoms. The normalized spacial score (nSPS) is 25.8. The zero-order valence-corrected chi connectivity index (χ0v) is 9.87. The average Bonchev–Trinajstić information content (AvgIpc) is 2.40. The fraction of sp³-hybridized carbons (Fsp3) is 0.462. The van der Waals surface area contributed by atoms with E-state index in [1.165, 1.54) is 5.56 Å². The lowest BCUT2D eigenvalue weighted by atomic mass is 10.1. The minimum atomic E-state index is -0.194. The van der Waals surface area contributed by atoms with Gasteiger partial charge in [-0.3, -0.25) is 0 Å². The van der Waals surface area contributed by atoms with Crippen molar-refractivity contribution in [2.75, 3.05) is 13.2 Å². The predicted octanol–water partition coefficient (Wildman–Crippen LogP) is 2.07. The van der Waals surface area contributed by atoms with Gasteiger partial charge in [0.25, 0.3) is 0 Å². The van der Waals surface area contributed by atoms with E-state index in [0.717, 1.165) is 6.42 Å². The molecule has 0 amide bonds. The van der Waals surface area contributed by atoms with Crippen LogP contribution in [0, 0.1) is 5.92 Å². The lowest BCUT2D eigenvalue weighted by Gasteiger charge is -2.29. The summed E-state index contributed by atoms with van der Waals surface area (Å²) in [7, 11) is 0. The third-order valence-electron chi connectivity index (χ3n) is 2.96. The lowest BCUT2D eigenvalue weighted by molar-refractivity contribution is -0.188. The summed E-state index contributed by atoms with van der Waals surface area (Å²) in [6.07, 6.45) is 0.559. The molecule has 0 bridgehead atoms. The van der Waals surface area contributed by atoms with E-state index >= 15 is 0 Å². The van der Waals surface area contributed by atoms with Gasteiger partial charge in [0.05, 0.1) is 18.9 Å². The SMILES string of the molecule is CC(=NO)C1COC(Cc2ccccc2)OC1. The van der Waals surface area contributed by atoms with E-state index < -0.39 is 0 Å². The summed E-state index contributed by atoms with van der Waals surface area (Å²) in [5.41, 5.74) is 1.85. The van der Waals surface area contributed by atoms with E-state index in [2.05, 4.69) is 17.3 Å². The molecule has 0 unspecified atom stereocenters. The summed E-state index contributed by atoms with van der Waals surface area (Å²) < 4.78 is 11.2. The molecule has 1 aliphatic heterocycles. The van der Waals surface area contributed by atoms with Crippen LogP contribution in [0.5, 0.6) is 0 Å². The molecule has 1 aliphatic rings. The Morgan fingerprint density at radius 2 is 1.94 bits per heavy atom. The first-order valence-electron chi connectivity index (χ1n) is 5.75. The number of hydrogen-bond acceptors (Lipinski definition) is 4. The lowest BCUT2D eigenvalue weighted by Crippen LogP contribution is -2.36. The van der Waals surface area contributed by atoms with Crippen LogP contribution in [0.4, 0.5) is 0 Å². The van der Waals surface area contributed by atoms with E-state index in [1.54, 1.807) is 6.92 Å². The number of hydrogen-bond donors (Lipinski definition) is 1.